The van der Waals surface area contributed by atoms with E-state index < -0.39 is 0 Å². The fraction of sp³-hybridized carbons (Fsp3) is 0.500. The lowest BCUT2D eigenvalue weighted by atomic mass is 10.1. The number of nitrogens with one attached hydrogen (secondary N) is 2. The van der Waals surface area contributed by atoms with Crippen molar-refractivity contribution in [2.45, 2.75) is 12.8 Å². The van der Waals surface area contributed by atoms with Crippen LogP contribution >= 0.6 is 0 Å². The number of nitrogens with zero attached hydrogens (tertiary/aromatic N) is 2. The lowest BCUT2D eigenvalue weighted by Gasteiger charge is -2.14. The van der Waals surface area contributed by atoms with Crippen molar-refractivity contribution in [2.75, 3.05) is 25.0 Å². The molecule has 0 atom stereocenters. The van der Waals surface area contributed by atoms with Crippen LogP contribution in [0.25, 0.3) is 0 Å². The van der Waals surface area contributed by atoms with Crippen molar-refractivity contribution in [3.05, 3.63) is 34.4 Å². The minimum absolute atomic E-state index is 0.0770. The van der Waals surface area contributed by atoms with Crippen LogP contribution in [0.2, 0.25) is 0 Å². The van der Waals surface area contributed by atoms with E-state index in [4.69, 9.17) is 0 Å². The highest BCUT2D eigenvalue weighted by atomic mass is 16.1. The summed E-state index contributed by atoms with van der Waals surface area (Å²) in [5.41, 5.74) is 1.37. The minimum Gasteiger partial charge on any atom is -0.365 e. The Morgan fingerprint density at radius 2 is 2.47 bits per heavy atom. The number of hydrogen-bond acceptors (Lipinski definition) is 4. The summed E-state index contributed by atoms with van der Waals surface area (Å²) >= 11 is 0. The van der Waals surface area contributed by atoms with Crippen LogP contribution in [0, 0.1) is 0 Å². The molecule has 0 spiro atoms. The van der Waals surface area contributed by atoms with Gasteiger partial charge in [-0.1, -0.05) is 11.6 Å². The van der Waals surface area contributed by atoms with Gasteiger partial charge in [-0.05, 0) is 19.4 Å². The molecule has 5 nitrogen and oxygen atoms in total. The summed E-state index contributed by atoms with van der Waals surface area (Å²) in [6.07, 6.45) is 7.58. The molecule has 0 amide bonds. The smallest absolute Gasteiger partial charge is 0.293 e. The molecule has 0 saturated heterocycles. The van der Waals surface area contributed by atoms with Crippen molar-refractivity contribution < 1.29 is 0 Å². The van der Waals surface area contributed by atoms with Gasteiger partial charge in [0, 0.05) is 32.5 Å². The third-order valence-electron chi connectivity index (χ3n) is 2.91. The van der Waals surface area contributed by atoms with Crippen molar-refractivity contribution in [3.63, 3.8) is 0 Å². The zero-order valence-corrected chi connectivity index (χ0v) is 10.1. The summed E-state index contributed by atoms with van der Waals surface area (Å²) in [7, 11) is 1.73. The highest BCUT2D eigenvalue weighted by molar-refractivity contribution is 5.30. The van der Waals surface area contributed by atoms with Gasteiger partial charge in [0.05, 0.1) is 0 Å². The van der Waals surface area contributed by atoms with E-state index in [0.717, 1.165) is 32.5 Å². The molecule has 2 N–H and O–H groups in total. The second kappa shape index (κ2) is 5.63. The minimum atomic E-state index is -0.0770. The maximum Gasteiger partial charge on any atom is 0.293 e. The Hall–Kier alpha value is -1.62. The van der Waals surface area contributed by atoms with E-state index in [1.807, 2.05) is 0 Å². The van der Waals surface area contributed by atoms with E-state index in [1.165, 1.54) is 10.1 Å². The lowest BCUT2D eigenvalue weighted by molar-refractivity contribution is 0.683. The van der Waals surface area contributed by atoms with Gasteiger partial charge in [0.25, 0.3) is 5.56 Å². The fourth-order valence-electron chi connectivity index (χ4n) is 1.86. The Balaban J connectivity index is 1.88. The standard InChI is InChI=1S/C12H18N4O/c1-16-9-8-15-11(12(16)17)14-7-4-10-2-5-13-6-3-10/h2,8-9,13H,3-7H2,1H3,(H,14,15). The summed E-state index contributed by atoms with van der Waals surface area (Å²) < 4.78 is 1.53. The van der Waals surface area contributed by atoms with Gasteiger partial charge >= 0.3 is 0 Å². The molecule has 0 aromatic carbocycles. The van der Waals surface area contributed by atoms with Crippen molar-refractivity contribution in [3.8, 4) is 0 Å². The van der Waals surface area contributed by atoms with Crippen molar-refractivity contribution in [1.29, 1.82) is 0 Å². The number of aromatic nitrogens is 2. The zero-order chi connectivity index (χ0) is 12.1. The van der Waals surface area contributed by atoms with Crippen molar-refractivity contribution in [1.82, 2.24) is 14.9 Å². The van der Waals surface area contributed by atoms with Crippen molar-refractivity contribution >= 4 is 5.82 Å². The molecule has 2 heterocycles. The molecular formula is C12H18N4O. The molecule has 2 rings (SSSR count). The number of hydrogen-bond donors (Lipinski definition) is 2. The molecule has 0 unspecified atom stereocenters. The summed E-state index contributed by atoms with van der Waals surface area (Å²) in [6.45, 7) is 2.77. The number of aryl methyl sites for hydroxylation is 1. The normalized spacial score (nSPS) is 15.5. The fourth-order valence-corrected chi connectivity index (χ4v) is 1.86. The third kappa shape index (κ3) is 3.17. The average Bonchev–Trinajstić information content (AvgIpc) is 2.36. The van der Waals surface area contributed by atoms with Gasteiger partial charge in [0.2, 0.25) is 0 Å². The monoisotopic (exact) mass is 234 g/mol. The van der Waals surface area contributed by atoms with Crippen LogP contribution in [0.5, 0.6) is 0 Å². The second-order valence-electron chi connectivity index (χ2n) is 4.19. The first-order chi connectivity index (χ1) is 8.27. The predicted molar refractivity (Wildman–Crippen MR) is 68.2 cm³/mol. The van der Waals surface area contributed by atoms with E-state index >= 15 is 0 Å². The molecule has 0 aliphatic carbocycles. The first-order valence-electron chi connectivity index (χ1n) is 5.91. The Labute approximate surface area is 101 Å². The van der Waals surface area contributed by atoms with Crippen LogP contribution < -0.4 is 16.2 Å². The molecule has 0 bridgehead atoms. The van der Waals surface area contributed by atoms with Crippen LogP contribution in [0.4, 0.5) is 5.82 Å². The van der Waals surface area contributed by atoms with E-state index in [2.05, 4.69) is 21.7 Å². The van der Waals surface area contributed by atoms with Gasteiger partial charge in [-0.3, -0.25) is 4.79 Å². The first-order valence-corrected chi connectivity index (χ1v) is 5.91. The van der Waals surface area contributed by atoms with Gasteiger partial charge in [-0.2, -0.15) is 0 Å². The van der Waals surface area contributed by atoms with E-state index in [-0.39, 0.29) is 5.56 Å². The van der Waals surface area contributed by atoms with E-state index in [9.17, 15) is 4.79 Å². The summed E-state index contributed by atoms with van der Waals surface area (Å²) in [5, 5.41) is 6.37. The van der Waals surface area contributed by atoms with Crippen LogP contribution in [0.3, 0.4) is 0 Å². The second-order valence-corrected chi connectivity index (χ2v) is 4.19. The maximum atomic E-state index is 11.7. The van der Waals surface area contributed by atoms with Gasteiger partial charge in [-0.25, -0.2) is 4.98 Å². The summed E-state index contributed by atoms with van der Waals surface area (Å²) in [4.78, 5) is 15.7. The first kappa shape index (κ1) is 11.9. The Bertz CT molecular complexity index is 464. The molecule has 1 aromatic heterocycles. The summed E-state index contributed by atoms with van der Waals surface area (Å²) in [6, 6.07) is 0. The largest absolute Gasteiger partial charge is 0.365 e. The van der Waals surface area contributed by atoms with Gasteiger partial charge < -0.3 is 15.2 Å². The molecule has 1 aromatic rings. The molecule has 1 aliphatic heterocycles. The topological polar surface area (TPSA) is 59.0 Å². The Kier molecular flexibility index (Phi) is 3.93. The molecular weight excluding hydrogens is 216 g/mol. The van der Waals surface area contributed by atoms with Gasteiger partial charge in [0.1, 0.15) is 0 Å². The molecule has 5 heteroatoms. The van der Waals surface area contributed by atoms with Crippen LogP contribution in [-0.4, -0.2) is 29.2 Å². The van der Waals surface area contributed by atoms with Crippen LogP contribution in [-0.2, 0) is 7.05 Å². The predicted octanol–water partition coefficient (Wildman–Crippen LogP) is 0.502. The maximum absolute atomic E-state index is 11.7. The number of rotatable bonds is 4. The van der Waals surface area contributed by atoms with E-state index in [1.54, 1.807) is 19.4 Å². The molecule has 0 radical (unpaired) electrons. The van der Waals surface area contributed by atoms with Crippen molar-refractivity contribution in [2.24, 2.45) is 7.05 Å². The third-order valence-corrected chi connectivity index (χ3v) is 2.91. The molecule has 0 fully saturated rings. The highest BCUT2D eigenvalue weighted by Gasteiger charge is 2.04. The molecule has 92 valence electrons. The van der Waals surface area contributed by atoms with Gasteiger partial charge in [-0.15, -0.1) is 0 Å². The van der Waals surface area contributed by atoms with Crippen LogP contribution in [0.15, 0.2) is 28.8 Å². The van der Waals surface area contributed by atoms with E-state index in [0.29, 0.717) is 5.82 Å². The Morgan fingerprint density at radius 1 is 1.59 bits per heavy atom. The molecule has 0 saturated carbocycles. The molecule has 17 heavy (non-hydrogen) atoms. The average molecular weight is 234 g/mol. The number of anilines is 1. The summed E-state index contributed by atoms with van der Waals surface area (Å²) in [5.74, 6) is 0.435. The Morgan fingerprint density at radius 3 is 3.24 bits per heavy atom. The van der Waals surface area contributed by atoms with Gasteiger partial charge in [0.15, 0.2) is 5.82 Å². The lowest BCUT2D eigenvalue weighted by Crippen LogP contribution is -2.24. The molecule has 1 aliphatic rings. The van der Waals surface area contributed by atoms with Crippen LogP contribution in [0.1, 0.15) is 12.8 Å². The quantitative estimate of drug-likeness (QED) is 0.745. The SMILES string of the molecule is Cn1ccnc(NCCC2=CCNCC2)c1=O. The zero-order valence-electron chi connectivity index (χ0n) is 10.1. The highest BCUT2D eigenvalue weighted by Crippen LogP contribution is 2.08.